The second kappa shape index (κ2) is 7.21. The van der Waals surface area contributed by atoms with Crippen LogP contribution in [0.5, 0.6) is 5.75 Å². The van der Waals surface area contributed by atoms with Gasteiger partial charge in [0.2, 0.25) is 0 Å². The average Bonchev–Trinajstić information content (AvgIpc) is 2.59. The molecule has 30 heavy (non-hydrogen) atoms. The van der Waals surface area contributed by atoms with Crippen molar-refractivity contribution in [2.75, 3.05) is 5.73 Å². The Labute approximate surface area is 172 Å². The number of rotatable bonds is 5. The Kier molecular flexibility index (Phi) is 5.28. The van der Waals surface area contributed by atoms with Crippen LogP contribution in [-0.4, -0.2) is 34.4 Å². The average molecular weight is 474 g/mol. The van der Waals surface area contributed by atoms with Gasteiger partial charge < -0.3 is 9.92 Å². The highest BCUT2D eigenvalue weighted by atomic mass is 32.2. The third-order valence-electron chi connectivity index (χ3n) is 4.12. The minimum Gasteiger partial charge on any atom is -0.398 e. The molecule has 0 saturated carbocycles. The molecule has 0 aliphatic carbocycles. The van der Waals surface area contributed by atoms with Gasteiger partial charge >= 0.3 is 10.1 Å². The Bertz CT molecular complexity index is 1480. The van der Waals surface area contributed by atoms with Crippen molar-refractivity contribution in [2.45, 2.75) is 21.6 Å². The Balaban J connectivity index is 2.35. The third kappa shape index (κ3) is 4.24. The number of nitrogens with two attached hydrogens (primary N) is 1. The number of anilines is 1. The molecule has 3 aromatic rings. The number of aryl methyl sites for hydroxylation is 1. The molecule has 10 nitrogen and oxygen atoms in total. The number of hydrogen-bond donors (Lipinski definition) is 3. The molecule has 0 atom stereocenters. The van der Waals surface area contributed by atoms with Gasteiger partial charge in [0.25, 0.3) is 20.2 Å². The number of hydrogen-bond acceptors (Lipinski definition) is 8. The topological polar surface area (TPSA) is 178 Å². The Morgan fingerprint density at radius 1 is 0.767 bits per heavy atom. The van der Waals surface area contributed by atoms with Gasteiger partial charge in [0, 0.05) is 16.8 Å². The van der Waals surface area contributed by atoms with Crippen LogP contribution in [0.15, 0.2) is 63.2 Å². The van der Waals surface area contributed by atoms with Gasteiger partial charge in [-0.05, 0) is 37.3 Å². The largest absolute Gasteiger partial charge is 0.398 e. The van der Waals surface area contributed by atoms with Gasteiger partial charge in [0.05, 0.1) is 10.6 Å². The lowest BCUT2D eigenvalue weighted by Crippen LogP contribution is -2.11. The lowest BCUT2D eigenvalue weighted by atomic mass is 10.1. The van der Waals surface area contributed by atoms with Crippen LogP contribution in [0, 0.1) is 6.92 Å². The van der Waals surface area contributed by atoms with E-state index in [0.29, 0.717) is 6.07 Å². The summed E-state index contributed by atoms with van der Waals surface area (Å²) in [6.07, 6.45) is 0. The monoisotopic (exact) mass is 473 g/mol. The molecule has 4 N–H and O–H groups in total. The molecule has 0 amide bonds. The van der Waals surface area contributed by atoms with E-state index < -0.39 is 57.0 Å². The van der Waals surface area contributed by atoms with Gasteiger partial charge in [-0.2, -0.15) is 25.3 Å². The molecule has 0 fully saturated rings. The van der Waals surface area contributed by atoms with E-state index in [0.717, 1.165) is 17.7 Å². The van der Waals surface area contributed by atoms with Crippen LogP contribution >= 0.6 is 0 Å². The van der Waals surface area contributed by atoms with E-state index >= 15 is 0 Å². The SMILES string of the molecule is Cc1ccc(S(=O)(=O)Oc2cc(S(=O)(=O)O)cc3c(S(=O)(=O)O)c(N)ccc23)cc1. The fourth-order valence-electron chi connectivity index (χ4n) is 2.74. The number of benzene rings is 3. The first kappa shape index (κ1) is 22.0. The van der Waals surface area contributed by atoms with Crippen molar-refractivity contribution in [2.24, 2.45) is 0 Å². The first-order valence-electron chi connectivity index (χ1n) is 8.02. The molecular weight excluding hydrogens is 458 g/mol. The molecule has 3 aromatic carbocycles. The molecular formula is C17H15NO9S3. The molecule has 0 saturated heterocycles. The quantitative estimate of drug-likeness (QED) is 0.282. The summed E-state index contributed by atoms with van der Waals surface area (Å²) in [4.78, 5) is -1.97. The minimum atomic E-state index is -4.95. The summed E-state index contributed by atoms with van der Waals surface area (Å²) >= 11 is 0. The van der Waals surface area contributed by atoms with E-state index in [9.17, 15) is 34.4 Å². The highest BCUT2D eigenvalue weighted by Gasteiger charge is 2.25. The van der Waals surface area contributed by atoms with Crippen LogP contribution in [0.25, 0.3) is 10.8 Å². The van der Waals surface area contributed by atoms with Crippen LogP contribution in [0.1, 0.15) is 5.56 Å². The normalized spacial score (nSPS) is 12.8. The van der Waals surface area contributed by atoms with Crippen molar-refractivity contribution in [3.05, 3.63) is 54.1 Å². The summed E-state index contributed by atoms with van der Waals surface area (Å²) in [5.74, 6) is -0.592. The summed E-state index contributed by atoms with van der Waals surface area (Å²) in [5.41, 5.74) is 5.96. The zero-order valence-electron chi connectivity index (χ0n) is 15.2. The minimum absolute atomic E-state index is 0.181. The first-order valence-corrected chi connectivity index (χ1v) is 12.3. The summed E-state index contributed by atoms with van der Waals surface area (Å²) in [6, 6.07) is 9.27. The summed E-state index contributed by atoms with van der Waals surface area (Å²) in [7, 11) is -14.3. The van der Waals surface area contributed by atoms with Gasteiger partial charge in [-0.25, -0.2) is 0 Å². The Morgan fingerprint density at radius 3 is 1.90 bits per heavy atom. The molecule has 13 heteroatoms. The Morgan fingerprint density at radius 2 is 1.37 bits per heavy atom. The predicted octanol–water partition coefficient (Wildman–Crippen LogP) is 1.99. The van der Waals surface area contributed by atoms with Crippen molar-refractivity contribution in [3.63, 3.8) is 0 Å². The molecule has 0 unspecified atom stereocenters. The van der Waals surface area contributed by atoms with Crippen LogP contribution in [-0.2, 0) is 30.4 Å². The third-order valence-corrected chi connectivity index (χ3v) is 7.17. The van der Waals surface area contributed by atoms with E-state index in [-0.39, 0.29) is 10.3 Å². The fraction of sp³-hybridized carbons (Fsp3) is 0.0588. The van der Waals surface area contributed by atoms with Gasteiger partial charge in [-0.3, -0.25) is 9.11 Å². The predicted molar refractivity (Wildman–Crippen MR) is 107 cm³/mol. The zero-order valence-corrected chi connectivity index (χ0v) is 17.6. The number of fused-ring (bicyclic) bond motifs is 1. The summed E-state index contributed by atoms with van der Waals surface area (Å²) in [5, 5.41) is -0.637. The molecule has 0 bridgehead atoms. The van der Waals surface area contributed by atoms with Crippen molar-refractivity contribution < 1.29 is 38.5 Å². The molecule has 0 aliphatic rings. The maximum atomic E-state index is 12.6. The molecule has 0 aliphatic heterocycles. The van der Waals surface area contributed by atoms with Crippen LogP contribution in [0.2, 0.25) is 0 Å². The van der Waals surface area contributed by atoms with E-state index in [1.165, 1.54) is 30.3 Å². The molecule has 3 rings (SSSR count). The molecule has 0 aromatic heterocycles. The van der Waals surface area contributed by atoms with Crippen LogP contribution in [0.4, 0.5) is 5.69 Å². The maximum Gasteiger partial charge on any atom is 0.339 e. The van der Waals surface area contributed by atoms with Gasteiger partial charge in [-0.15, -0.1) is 0 Å². The fourth-order valence-corrected chi connectivity index (χ4v) is 5.02. The van der Waals surface area contributed by atoms with Gasteiger partial charge in [0.15, 0.2) is 5.75 Å². The second-order valence-corrected chi connectivity index (χ2v) is 10.6. The lowest BCUT2D eigenvalue weighted by molar-refractivity contribution is 0.476. The molecule has 160 valence electrons. The van der Waals surface area contributed by atoms with Crippen molar-refractivity contribution >= 4 is 46.8 Å². The van der Waals surface area contributed by atoms with Crippen LogP contribution < -0.4 is 9.92 Å². The number of nitrogen functional groups attached to an aromatic ring is 1. The smallest absolute Gasteiger partial charge is 0.339 e. The van der Waals surface area contributed by atoms with Crippen molar-refractivity contribution in [3.8, 4) is 5.75 Å². The highest BCUT2D eigenvalue weighted by Crippen LogP contribution is 2.37. The highest BCUT2D eigenvalue weighted by molar-refractivity contribution is 7.87. The summed E-state index contributed by atoms with van der Waals surface area (Å²) in [6.45, 7) is 1.74. The Hall–Kier alpha value is -2.71. The standard InChI is InChI=1S/C17H15NO9S3/c1-10-2-4-11(5-3-10)30(25,26)27-16-9-12(28(19,20)21)8-14-13(16)6-7-15(18)17(14)29(22,23)24/h2-9H,18H2,1H3,(H,19,20,21)(H,22,23,24). The van der Waals surface area contributed by atoms with Crippen molar-refractivity contribution in [1.82, 2.24) is 0 Å². The van der Waals surface area contributed by atoms with Crippen LogP contribution in [0.3, 0.4) is 0 Å². The molecule has 0 spiro atoms. The van der Waals surface area contributed by atoms with Gasteiger partial charge in [0.1, 0.15) is 9.79 Å². The zero-order chi connectivity index (χ0) is 22.5. The van der Waals surface area contributed by atoms with Gasteiger partial charge in [-0.1, -0.05) is 17.7 Å². The van der Waals surface area contributed by atoms with E-state index in [1.807, 2.05) is 0 Å². The first-order chi connectivity index (χ1) is 13.7. The summed E-state index contributed by atoms with van der Waals surface area (Å²) < 4.78 is 96.1. The maximum absolute atomic E-state index is 12.6. The van der Waals surface area contributed by atoms with E-state index in [4.69, 9.17) is 9.92 Å². The molecule has 0 heterocycles. The van der Waals surface area contributed by atoms with Crippen molar-refractivity contribution in [1.29, 1.82) is 0 Å². The molecule has 0 radical (unpaired) electrons. The lowest BCUT2D eigenvalue weighted by Gasteiger charge is -2.14. The second-order valence-electron chi connectivity index (χ2n) is 6.30. The van der Waals surface area contributed by atoms with E-state index in [1.54, 1.807) is 6.92 Å². The van der Waals surface area contributed by atoms with E-state index in [2.05, 4.69) is 0 Å².